The zero-order valence-electron chi connectivity index (χ0n) is 9.06. The Morgan fingerprint density at radius 3 is 2.80 bits per heavy atom. The Morgan fingerprint density at radius 2 is 2.20 bits per heavy atom. The molecule has 0 aliphatic heterocycles. The smallest absolute Gasteiger partial charge is 0.258 e. The molecule has 0 radical (unpaired) electrons. The quantitative estimate of drug-likeness (QED) is 0.555. The van der Waals surface area contributed by atoms with E-state index in [2.05, 4.69) is 6.92 Å². The van der Waals surface area contributed by atoms with E-state index in [1.807, 2.05) is 18.2 Å². The predicted molar refractivity (Wildman–Crippen MR) is 61.8 cm³/mol. The molecule has 0 N–H and O–H groups in total. The maximum absolute atomic E-state index is 10.7. The molecule has 0 heterocycles. The molecule has 1 aromatic carbocycles. The molecular formula is C12H15NO2. The molecular weight excluding hydrogens is 190 g/mol. The van der Waals surface area contributed by atoms with Gasteiger partial charge in [-0.2, -0.15) is 0 Å². The van der Waals surface area contributed by atoms with Gasteiger partial charge in [0, 0.05) is 11.6 Å². The summed E-state index contributed by atoms with van der Waals surface area (Å²) in [7, 11) is 0. The fourth-order valence-corrected chi connectivity index (χ4v) is 1.31. The van der Waals surface area contributed by atoms with E-state index in [1.54, 1.807) is 19.1 Å². The van der Waals surface area contributed by atoms with E-state index < -0.39 is 0 Å². The van der Waals surface area contributed by atoms with Crippen LogP contribution in [0.15, 0.2) is 24.3 Å². The Hall–Kier alpha value is -1.64. The molecule has 0 aliphatic rings. The molecule has 1 aromatic rings. The highest BCUT2D eigenvalue weighted by Crippen LogP contribution is 2.20. The van der Waals surface area contributed by atoms with Gasteiger partial charge in [0.2, 0.25) is 0 Å². The van der Waals surface area contributed by atoms with Gasteiger partial charge in [0.15, 0.2) is 0 Å². The van der Waals surface area contributed by atoms with E-state index >= 15 is 0 Å². The van der Waals surface area contributed by atoms with Gasteiger partial charge in [-0.1, -0.05) is 37.6 Å². The number of nitro groups is 1. The number of aryl methyl sites for hydroxylation is 1. The Bertz CT molecular complexity index is 383. The molecule has 15 heavy (non-hydrogen) atoms. The van der Waals surface area contributed by atoms with Crippen molar-refractivity contribution in [1.29, 1.82) is 0 Å². The van der Waals surface area contributed by atoms with Crippen LogP contribution in [-0.2, 0) is 0 Å². The zero-order valence-corrected chi connectivity index (χ0v) is 9.06. The van der Waals surface area contributed by atoms with Crippen molar-refractivity contribution in [3.8, 4) is 0 Å². The first kappa shape index (κ1) is 11.4. The Morgan fingerprint density at radius 1 is 1.47 bits per heavy atom. The van der Waals surface area contributed by atoms with Crippen LogP contribution in [0, 0.1) is 17.0 Å². The standard InChI is InChI=1S/C12H15NO2/c1-3-4-5-6-11-8-7-10(2)12(9-11)13(14)15/h5-9H,3-4H2,1-2H3. The monoisotopic (exact) mass is 205 g/mol. The van der Waals surface area contributed by atoms with Crippen molar-refractivity contribution in [2.24, 2.45) is 0 Å². The number of unbranched alkanes of at least 4 members (excludes halogenated alkanes) is 1. The molecule has 1 rings (SSSR count). The molecule has 0 saturated carbocycles. The number of allylic oxidation sites excluding steroid dienone is 1. The molecule has 0 amide bonds. The molecule has 80 valence electrons. The lowest BCUT2D eigenvalue weighted by atomic mass is 10.1. The Labute approximate surface area is 89.6 Å². The average molecular weight is 205 g/mol. The molecule has 0 aromatic heterocycles. The van der Waals surface area contributed by atoms with Crippen molar-refractivity contribution in [1.82, 2.24) is 0 Å². The highest BCUT2D eigenvalue weighted by Gasteiger charge is 2.09. The molecule has 0 fully saturated rings. The van der Waals surface area contributed by atoms with E-state index in [0.29, 0.717) is 5.56 Å². The van der Waals surface area contributed by atoms with Crippen LogP contribution in [-0.4, -0.2) is 4.92 Å². The van der Waals surface area contributed by atoms with E-state index in [1.165, 1.54) is 0 Å². The summed E-state index contributed by atoms with van der Waals surface area (Å²) in [4.78, 5) is 10.3. The summed E-state index contributed by atoms with van der Waals surface area (Å²) in [5.74, 6) is 0. The van der Waals surface area contributed by atoms with E-state index in [-0.39, 0.29) is 10.6 Å². The SMILES string of the molecule is CCCC=Cc1ccc(C)c([N+](=O)[O-])c1. The lowest BCUT2D eigenvalue weighted by molar-refractivity contribution is -0.385. The fourth-order valence-electron chi connectivity index (χ4n) is 1.31. The highest BCUT2D eigenvalue weighted by molar-refractivity contribution is 5.55. The minimum absolute atomic E-state index is 0.189. The average Bonchev–Trinajstić information content (AvgIpc) is 2.20. The van der Waals surface area contributed by atoms with Gasteiger partial charge in [-0.05, 0) is 18.9 Å². The third-order valence-electron chi connectivity index (χ3n) is 2.20. The summed E-state index contributed by atoms with van der Waals surface area (Å²) in [6, 6.07) is 5.29. The fraction of sp³-hybridized carbons (Fsp3) is 0.333. The largest absolute Gasteiger partial charge is 0.272 e. The van der Waals surface area contributed by atoms with E-state index in [0.717, 1.165) is 18.4 Å². The Balaban J connectivity index is 2.92. The third-order valence-corrected chi connectivity index (χ3v) is 2.20. The second kappa shape index (κ2) is 5.29. The number of rotatable bonds is 4. The molecule has 0 spiro atoms. The predicted octanol–water partition coefficient (Wildman–Crippen LogP) is 3.72. The molecule has 0 atom stereocenters. The number of hydrogen-bond acceptors (Lipinski definition) is 2. The van der Waals surface area contributed by atoms with Crippen LogP contribution in [0.5, 0.6) is 0 Å². The van der Waals surface area contributed by atoms with Gasteiger partial charge in [0.05, 0.1) is 4.92 Å². The highest BCUT2D eigenvalue weighted by atomic mass is 16.6. The first-order chi connectivity index (χ1) is 7.15. The van der Waals surface area contributed by atoms with Crippen LogP contribution in [0.2, 0.25) is 0 Å². The molecule has 3 heteroatoms. The third kappa shape index (κ3) is 3.20. The topological polar surface area (TPSA) is 43.1 Å². The lowest BCUT2D eigenvalue weighted by Crippen LogP contribution is -1.91. The van der Waals surface area contributed by atoms with Gasteiger partial charge in [-0.15, -0.1) is 0 Å². The van der Waals surface area contributed by atoms with Gasteiger partial charge in [-0.3, -0.25) is 10.1 Å². The van der Waals surface area contributed by atoms with Crippen LogP contribution in [0.25, 0.3) is 6.08 Å². The maximum Gasteiger partial charge on any atom is 0.272 e. The van der Waals surface area contributed by atoms with Gasteiger partial charge in [0.25, 0.3) is 5.69 Å². The summed E-state index contributed by atoms with van der Waals surface area (Å²) in [5.41, 5.74) is 1.78. The van der Waals surface area contributed by atoms with Crippen LogP contribution in [0.4, 0.5) is 5.69 Å². The second-order valence-electron chi connectivity index (χ2n) is 3.49. The summed E-state index contributed by atoms with van der Waals surface area (Å²) >= 11 is 0. The van der Waals surface area contributed by atoms with Crippen molar-refractivity contribution in [3.63, 3.8) is 0 Å². The van der Waals surface area contributed by atoms with Gasteiger partial charge in [-0.25, -0.2) is 0 Å². The number of hydrogen-bond donors (Lipinski definition) is 0. The van der Waals surface area contributed by atoms with Gasteiger partial charge >= 0.3 is 0 Å². The minimum atomic E-state index is -0.341. The summed E-state index contributed by atoms with van der Waals surface area (Å²) in [6.07, 6.45) is 6.05. The number of benzene rings is 1. The Kier molecular flexibility index (Phi) is 4.03. The van der Waals surface area contributed by atoms with E-state index in [9.17, 15) is 10.1 Å². The summed E-state index contributed by atoms with van der Waals surface area (Å²) in [6.45, 7) is 3.85. The summed E-state index contributed by atoms with van der Waals surface area (Å²) in [5, 5.41) is 10.7. The van der Waals surface area contributed by atoms with Crippen LogP contribution in [0.1, 0.15) is 30.9 Å². The number of nitrogens with zero attached hydrogens (tertiary/aromatic N) is 1. The van der Waals surface area contributed by atoms with Crippen LogP contribution < -0.4 is 0 Å². The van der Waals surface area contributed by atoms with Crippen LogP contribution >= 0.6 is 0 Å². The first-order valence-electron chi connectivity index (χ1n) is 5.06. The summed E-state index contributed by atoms with van der Waals surface area (Å²) < 4.78 is 0. The van der Waals surface area contributed by atoms with Crippen molar-refractivity contribution < 1.29 is 4.92 Å². The van der Waals surface area contributed by atoms with Gasteiger partial charge in [0.1, 0.15) is 0 Å². The maximum atomic E-state index is 10.7. The van der Waals surface area contributed by atoms with Crippen molar-refractivity contribution in [3.05, 3.63) is 45.5 Å². The van der Waals surface area contributed by atoms with Crippen molar-refractivity contribution >= 4 is 11.8 Å². The molecule has 0 saturated heterocycles. The van der Waals surface area contributed by atoms with E-state index in [4.69, 9.17) is 0 Å². The minimum Gasteiger partial charge on any atom is -0.258 e. The van der Waals surface area contributed by atoms with Gasteiger partial charge < -0.3 is 0 Å². The second-order valence-corrected chi connectivity index (χ2v) is 3.49. The first-order valence-corrected chi connectivity index (χ1v) is 5.06. The number of nitro benzene ring substituents is 1. The molecule has 0 bridgehead atoms. The molecule has 0 unspecified atom stereocenters. The molecule has 3 nitrogen and oxygen atoms in total. The molecule has 0 aliphatic carbocycles. The van der Waals surface area contributed by atoms with Crippen molar-refractivity contribution in [2.75, 3.05) is 0 Å². The lowest BCUT2D eigenvalue weighted by Gasteiger charge is -1.98. The van der Waals surface area contributed by atoms with Crippen LogP contribution in [0.3, 0.4) is 0 Å². The zero-order chi connectivity index (χ0) is 11.3. The normalized spacial score (nSPS) is 10.8. The van der Waals surface area contributed by atoms with Crippen molar-refractivity contribution in [2.45, 2.75) is 26.7 Å².